The molecule has 1 aromatic heterocycles. The molecule has 0 radical (unpaired) electrons. The number of halogens is 3. The van der Waals surface area contributed by atoms with E-state index in [2.05, 4.69) is 9.88 Å². The highest BCUT2D eigenvalue weighted by molar-refractivity contribution is 6.34. The maximum absolute atomic E-state index is 13.5. The molecule has 1 saturated heterocycles. The van der Waals surface area contributed by atoms with Gasteiger partial charge in [-0.2, -0.15) is 0 Å². The van der Waals surface area contributed by atoms with Crippen molar-refractivity contribution >= 4 is 23.2 Å². The van der Waals surface area contributed by atoms with Crippen LogP contribution >= 0.6 is 23.2 Å². The number of nitrogens with zero attached hydrogens (tertiary/aromatic N) is 2. The van der Waals surface area contributed by atoms with Crippen molar-refractivity contribution in [1.82, 2.24) is 9.88 Å². The van der Waals surface area contributed by atoms with Crippen LogP contribution in [0.25, 0.3) is 0 Å². The monoisotopic (exact) mass is 276 g/mol. The summed E-state index contributed by atoms with van der Waals surface area (Å²) in [6.45, 7) is 3.06. The van der Waals surface area contributed by atoms with Crippen LogP contribution in [0.5, 0.6) is 0 Å². The van der Waals surface area contributed by atoms with Crippen molar-refractivity contribution in [1.29, 1.82) is 0 Å². The van der Waals surface area contributed by atoms with Crippen molar-refractivity contribution in [3.05, 3.63) is 27.3 Å². The van der Waals surface area contributed by atoms with E-state index in [1.807, 2.05) is 0 Å². The predicted octanol–water partition coefficient (Wildman–Crippen LogP) is 2.28. The van der Waals surface area contributed by atoms with Gasteiger partial charge in [0.15, 0.2) is 11.0 Å². The molecule has 0 aliphatic carbocycles. The Balaban J connectivity index is 1.91. The average Bonchev–Trinajstić information content (AvgIpc) is 2.23. The predicted molar refractivity (Wildman–Crippen MR) is 62.9 cm³/mol. The Morgan fingerprint density at radius 1 is 1.35 bits per heavy atom. The second-order valence-electron chi connectivity index (χ2n) is 4.37. The Hall–Kier alpha value is -0.420. The zero-order chi connectivity index (χ0) is 12.0. The lowest BCUT2D eigenvalue weighted by molar-refractivity contribution is -0.0699. The lowest BCUT2D eigenvalue weighted by Crippen LogP contribution is -2.50. The van der Waals surface area contributed by atoms with E-state index in [9.17, 15) is 4.39 Å². The molecular weight excluding hydrogens is 266 g/mol. The summed E-state index contributed by atoms with van der Waals surface area (Å²) >= 11 is 11.7. The van der Waals surface area contributed by atoms with Crippen molar-refractivity contribution in [2.75, 3.05) is 19.8 Å². The molecule has 1 fully saturated rings. The van der Waals surface area contributed by atoms with Crippen molar-refractivity contribution in [2.24, 2.45) is 0 Å². The van der Waals surface area contributed by atoms with E-state index in [0.717, 1.165) is 31.0 Å². The number of fused-ring (bicyclic) bond motifs is 1. The fraction of sp³-hybridized carbons (Fsp3) is 0.545. The molecule has 3 heterocycles. The van der Waals surface area contributed by atoms with Crippen LogP contribution in [0.15, 0.2) is 0 Å². The summed E-state index contributed by atoms with van der Waals surface area (Å²) in [7, 11) is 0. The molecule has 1 aromatic rings. The van der Waals surface area contributed by atoms with Crippen molar-refractivity contribution in [3.8, 4) is 0 Å². The van der Waals surface area contributed by atoms with Gasteiger partial charge in [-0.05, 0) is 12.0 Å². The third kappa shape index (κ3) is 1.93. The third-order valence-corrected chi connectivity index (χ3v) is 4.00. The summed E-state index contributed by atoms with van der Waals surface area (Å²) < 4.78 is 18.7. The van der Waals surface area contributed by atoms with Gasteiger partial charge in [-0.1, -0.05) is 23.2 Å². The first-order chi connectivity index (χ1) is 8.16. The van der Waals surface area contributed by atoms with Gasteiger partial charge >= 0.3 is 0 Å². The molecule has 92 valence electrons. The second kappa shape index (κ2) is 4.35. The maximum atomic E-state index is 13.5. The number of rotatable bonds is 1. The van der Waals surface area contributed by atoms with Gasteiger partial charge in [-0.3, -0.25) is 4.90 Å². The van der Waals surface area contributed by atoms with E-state index in [0.29, 0.717) is 19.0 Å². The fourth-order valence-corrected chi connectivity index (χ4v) is 2.78. The van der Waals surface area contributed by atoms with Gasteiger partial charge in [0.2, 0.25) is 0 Å². The van der Waals surface area contributed by atoms with Gasteiger partial charge in [0.05, 0.1) is 30.0 Å². The Kier molecular flexibility index (Phi) is 2.99. The maximum Gasteiger partial charge on any atom is 0.179 e. The highest BCUT2D eigenvalue weighted by Crippen LogP contribution is 2.31. The number of hydrogen-bond donors (Lipinski definition) is 0. The Morgan fingerprint density at radius 3 is 2.76 bits per heavy atom. The molecule has 0 saturated carbocycles. The molecule has 3 nitrogen and oxygen atoms in total. The molecule has 6 heteroatoms. The minimum Gasteiger partial charge on any atom is -0.378 e. The molecule has 0 unspecified atom stereocenters. The number of ether oxygens (including phenoxy) is 1. The normalized spacial score (nSPS) is 21.1. The summed E-state index contributed by atoms with van der Waals surface area (Å²) in [6.07, 6.45) is 0.714. The van der Waals surface area contributed by atoms with Crippen molar-refractivity contribution in [3.63, 3.8) is 0 Å². The Labute approximate surface area is 108 Å². The van der Waals surface area contributed by atoms with Crippen LogP contribution in [0.3, 0.4) is 0 Å². The van der Waals surface area contributed by atoms with E-state index < -0.39 is 5.82 Å². The fourth-order valence-electron chi connectivity index (χ4n) is 2.24. The summed E-state index contributed by atoms with van der Waals surface area (Å²) in [5.74, 6) is -0.604. The summed E-state index contributed by atoms with van der Waals surface area (Å²) in [5, 5.41) is -0.00929. The van der Waals surface area contributed by atoms with Crippen LogP contribution in [0.4, 0.5) is 4.39 Å². The highest BCUT2D eigenvalue weighted by Gasteiger charge is 2.31. The number of pyridine rings is 1. The first-order valence-corrected chi connectivity index (χ1v) is 6.26. The summed E-state index contributed by atoms with van der Waals surface area (Å²) in [6, 6.07) is 0.451. The molecule has 0 bridgehead atoms. The smallest absolute Gasteiger partial charge is 0.179 e. The minimum absolute atomic E-state index is 0.129. The first kappa shape index (κ1) is 11.7. The van der Waals surface area contributed by atoms with E-state index in [1.165, 1.54) is 0 Å². The van der Waals surface area contributed by atoms with Crippen LogP contribution in [0.1, 0.15) is 11.3 Å². The molecule has 3 rings (SSSR count). The van der Waals surface area contributed by atoms with Gasteiger partial charge < -0.3 is 4.74 Å². The molecule has 0 atom stereocenters. The van der Waals surface area contributed by atoms with Gasteiger partial charge in [0, 0.05) is 13.1 Å². The van der Waals surface area contributed by atoms with Crippen LogP contribution in [0.2, 0.25) is 10.2 Å². The van der Waals surface area contributed by atoms with E-state index in [1.54, 1.807) is 0 Å². The van der Waals surface area contributed by atoms with Crippen LogP contribution < -0.4 is 0 Å². The standard InChI is InChI=1S/C11H11Cl2FN2O/c12-9-7-1-2-16(6-4-17-5-6)3-8(7)15-11(13)10(9)14/h6H,1-5H2. The van der Waals surface area contributed by atoms with Crippen LogP contribution in [-0.2, 0) is 17.7 Å². The largest absolute Gasteiger partial charge is 0.378 e. The SMILES string of the molecule is Fc1c(Cl)nc2c(c1Cl)CCN(C1COC1)C2. The topological polar surface area (TPSA) is 25.4 Å². The molecule has 2 aliphatic rings. The van der Waals surface area contributed by atoms with E-state index >= 15 is 0 Å². The molecular formula is C11H11Cl2FN2O. The molecule has 2 aliphatic heterocycles. The third-order valence-electron chi connectivity index (χ3n) is 3.36. The average molecular weight is 277 g/mol. The van der Waals surface area contributed by atoms with E-state index in [-0.39, 0.29) is 10.2 Å². The second-order valence-corrected chi connectivity index (χ2v) is 5.10. The zero-order valence-corrected chi connectivity index (χ0v) is 10.6. The number of aromatic nitrogens is 1. The summed E-state index contributed by atoms with van der Waals surface area (Å²) in [5.41, 5.74) is 1.59. The van der Waals surface area contributed by atoms with Gasteiger partial charge in [0.25, 0.3) is 0 Å². The zero-order valence-electron chi connectivity index (χ0n) is 9.05. The molecule has 0 aromatic carbocycles. The minimum atomic E-state index is -0.604. The van der Waals surface area contributed by atoms with E-state index in [4.69, 9.17) is 27.9 Å². The lowest BCUT2D eigenvalue weighted by atomic mass is 10.0. The van der Waals surface area contributed by atoms with Crippen LogP contribution in [0, 0.1) is 5.82 Å². The lowest BCUT2D eigenvalue weighted by Gasteiger charge is -2.39. The molecule has 0 spiro atoms. The summed E-state index contributed by atoms with van der Waals surface area (Å²) in [4.78, 5) is 6.37. The van der Waals surface area contributed by atoms with Gasteiger partial charge in [-0.25, -0.2) is 9.37 Å². The van der Waals surface area contributed by atoms with Crippen molar-refractivity contribution in [2.45, 2.75) is 19.0 Å². The number of hydrogen-bond acceptors (Lipinski definition) is 3. The molecule has 0 amide bonds. The molecule has 17 heavy (non-hydrogen) atoms. The van der Waals surface area contributed by atoms with Gasteiger partial charge in [-0.15, -0.1) is 0 Å². The van der Waals surface area contributed by atoms with Crippen LogP contribution in [-0.4, -0.2) is 35.7 Å². The van der Waals surface area contributed by atoms with Crippen molar-refractivity contribution < 1.29 is 9.13 Å². The Bertz CT molecular complexity index is 465. The molecule has 0 N–H and O–H groups in total. The quantitative estimate of drug-likeness (QED) is 0.736. The first-order valence-electron chi connectivity index (χ1n) is 5.51. The highest BCUT2D eigenvalue weighted by atomic mass is 35.5. The Morgan fingerprint density at radius 2 is 2.12 bits per heavy atom. The van der Waals surface area contributed by atoms with Gasteiger partial charge in [0.1, 0.15) is 0 Å².